The largest absolute Gasteiger partial charge is 0.444 e. The fraction of sp³-hybridized carbons (Fsp3) is 0.609. The summed E-state index contributed by atoms with van der Waals surface area (Å²) < 4.78 is 19.6. The van der Waals surface area contributed by atoms with Gasteiger partial charge in [0.05, 0.1) is 11.6 Å². The number of ether oxygens (including phenoxy) is 1. The minimum Gasteiger partial charge on any atom is -0.444 e. The first kappa shape index (κ1) is 27.9. The van der Waals surface area contributed by atoms with Crippen molar-refractivity contribution in [2.45, 2.75) is 52.7 Å². The van der Waals surface area contributed by atoms with E-state index in [1.807, 2.05) is 33.8 Å². The Morgan fingerprint density at radius 3 is 2.53 bits per heavy atom. The fourth-order valence-electron chi connectivity index (χ4n) is 3.57. The number of carbonyl (C=O) groups excluding carboxylic acids is 1. The molecule has 1 aromatic carbocycles. The molecule has 1 aromatic rings. The first-order chi connectivity index (χ1) is 14.7. The van der Waals surface area contributed by atoms with Gasteiger partial charge in [0.15, 0.2) is 5.96 Å². The van der Waals surface area contributed by atoms with Crippen molar-refractivity contribution in [3.8, 4) is 6.07 Å². The number of hydrogen-bond donors (Lipinski definition) is 1. The third-order valence-electron chi connectivity index (χ3n) is 5.26. The van der Waals surface area contributed by atoms with Gasteiger partial charge in [0.2, 0.25) is 0 Å². The molecule has 1 amide bonds. The van der Waals surface area contributed by atoms with Crippen LogP contribution in [0.15, 0.2) is 23.2 Å². The van der Waals surface area contributed by atoms with Gasteiger partial charge in [0.25, 0.3) is 0 Å². The monoisotopic (exact) mass is 559 g/mol. The minimum absolute atomic E-state index is 0. The van der Waals surface area contributed by atoms with Gasteiger partial charge in [-0.05, 0) is 58.6 Å². The van der Waals surface area contributed by atoms with Gasteiger partial charge in [-0.1, -0.05) is 6.07 Å². The van der Waals surface area contributed by atoms with E-state index in [4.69, 9.17) is 10.00 Å². The summed E-state index contributed by atoms with van der Waals surface area (Å²) in [7, 11) is 1.71. The normalized spacial score (nSPS) is 14.9. The number of guanidine groups is 1. The lowest BCUT2D eigenvalue weighted by Crippen LogP contribution is -2.47. The van der Waals surface area contributed by atoms with Crippen molar-refractivity contribution >= 4 is 36.0 Å². The number of rotatable bonds is 5. The van der Waals surface area contributed by atoms with Crippen LogP contribution in [0, 0.1) is 23.1 Å². The predicted molar refractivity (Wildman–Crippen MR) is 135 cm³/mol. The summed E-state index contributed by atoms with van der Waals surface area (Å²) in [5.74, 6) is 0.724. The Labute approximate surface area is 208 Å². The molecule has 1 saturated heterocycles. The number of hydrogen-bond acceptors (Lipinski definition) is 4. The van der Waals surface area contributed by atoms with Crippen molar-refractivity contribution in [2.75, 3.05) is 33.2 Å². The highest BCUT2D eigenvalue weighted by Crippen LogP contribution is 2.20. The van der Waals surface area contributed by atoms with Crippen LogP contribution in [0.5, 0.6) is 0 Å². The topological polar surface area (TPSA) is 81.0 Å². The second-order valence-corrected chi connectivity index (χ2v) is 8.77. The summed E-state index contributed by atoms with van der Waals surface area (Å²) in [4.78, 5) is 20.6. The van der Waals surface area contributed by atoms with Crippen LogP contribution in [0.25, 0.3) is 0 Å². The maximum atomic E-state index is 14.1. The van der Waals surface area contributed by atoms with E-state index < -0.39 is 11.4 Å². The van der Waals surface area contributed by atoms with Crippen molar-refractivity contribution in [1.82, 2.24) is 15.1 Å². The maximum Gasteiger partial charge on any atom is 0.410 e. The van der Waals surface area contributed by atoms with E-state index in [1.54, 1.807) is 24.1 Å². The smallest absolute Gasteiger partial charge is 0.410 e. The summed E-state index contributed by atoms with van der Waals surface area (Å²) >= 11 is 0. The van der Waals surface area contributed by atoms with Crippen LogP contribution in [0.1, 0.15) is 51.7 Å². The third kappa shape index (κ3) is 8.45. The zero-order valence-electron chi connectivity index (χ0n) is 19.7. The van der Waals surface area contributed by atoms with Crippen LogP contribution in [-0.4, -0.2) is 60.7 Å². The predicted octanol–water partition coefficient (Wildman–Crippen LogP) is 4.36. The average Bonchev–Trinajstić information content (AvgIpc) is 2.72. The Kier molecular flexibility index (Phi) is 11.2. The molecule has 7 nitrogen and oxygen atoms in total. The fourth-order valence-corrected chi connectivity index (χ4v) is 3.57. The van der Waals surface area contributed by atoms with Crippen LogP contribution in [0.3, 0.4) is 0 Å². The van der Waals surface area contributed by atoms with E-state index >= 15 is 0 Å². The highest BCUT2D eigenvalue weighted by atomic mass is 127. The van der Waals surface area contributed by atoms with Crippen molar-refractivity contribution in [3.05, 3.63) is 35.1 Å². The molecule has 2 rings (SSSR count). The van der Waals surface area contributed by atoms with Crippen LogP contribution in [-0.2, 0) is 11.3 Å². The molecular weight excluding hydrogens is 524 g/mol. The Morgan fingerprint density at radius 2 is 2.03 bits per heavy atom. The molecule has 9 heteroatoms. The van der Waals surface area contributed by atoms with Crippen molar-refractivity contribution in [2.24, 2.45) is 10.9 Å². The number of nitrogens with one attached hydrogen (secondary N) is 1. The molecule has 1 fully saturated rings. The van der Waals surface area contributed by atoms with E-state index in [0.717, 1.165) is 31.9 Å². The number of nitrogens with zero attached hydrogens (tertiary/aromatic N) is 4. The lowest BCUT2D eigenvalue weighted by atomic mass is 9.96. The molecule has 0 bridgehead atoms. The number of likely N-dealkylation sites (tertiary alicyclic amines) is 1. The summed E-state index contributed by atoms with van der Waals surface area (Å²) in [6.45, 7) is 10.8. The van der Waals surface area contributed by atoms with Crippen molar-refractivity contribution < 1.29 is 13.9 Å². The number of piperidine rings is 1. The molecule has 1 aliphatic rings. The van der Waals surface area contributed by atoms with Gasteiger partial charge in [-0.2, -0.15) is 5.26 Å². The van der Waals surface area contributed by atoms with Gasteiger partial charge >= 0.3 is 6.09 Å². The molecule has 1 N–H and O–H groups in total. The summed E-state index contributed by atoms with van der Waals surface area (Å²) in [5, 5.41) is 12.1. The number of carbonyl (C=O) groups is 1. The molecule has 0 aliphatic carbocycles. The zero-order valence-corrected chi connectivity index (χ0v) is 22.0. The number of halogens is 2. The zero-order chi connectivity index (χ0) is 23.0. The van der Waals surface area contributed by atoms with Gasteiger partial charge in [0.1, 0.15) is 11.4 Å². The van der Waals surface area contributed by atoms with E-state index in [1.165, 1.54) is 6.07 Å². The third-order valence-corrected chi connectivity index (χ3v) is 5.26. The van der Waals surface area contributed by atoms with Crippen LogP contribution in [0.4, 0.5) is 9.18 Å². The molecule has 0 spiro atoms. The van der Waals surface area contributed by atoms with E-state index in [0.29, 0.717) is 36.7 Å². The molecule has 1 aliphatic heterocycles. The second kappa shape index (κ2) is 12.8. The van der Waals surface area contributed by atoms with Crippen molar-refractivity contribution in [1.29, 1.82) is 5.26 Å². The SMILES string of the molecule is CCN(CC1CCN(C(=NC)NCc2ccc(C#N)cc2F)CC1)C(=O)OC(C)(C)C.I. The van der Waals surface area contributed by atoms with E-state index in [2.05, 4.69) is 15.2 Å². The maximum absolute atomic E-state index is 14.1. The van der Waals surface area contributed by atoms with Crippen LogP contribution < -0.4 is 5.32 Å². The highest BCUT2D eigenvalue weighted by molar-refractivity contribution is 14.0. The molecule has 32 heavy (non-hydrogen) atoms. The highest BCUT2D eigenvalue weighted by Gasteiger charge is 2.27. The number of aliphatic imine (C=N–C) groups is 1. The van der Waals surface area contributed by atoms with Crippen LogP contribution in [0.2, 0.25) is 0 Å². The average molecular weight is 559 g/mol. The number of benzene rings is 1. The Bertz CT molecular complexity index is 827. The molecule has 178 valence electrons. The minimum atomic E-state index is -0.500. The molecule has 0 saturated carbocycles. The molecule has 0 aromatic heterocycles. The Morgan fingerprint density at radius 1 is 1.38 bits per heavy atom. The van der Waals surface area contributed by atoms with Gasteiger partial charge in [-0.25, -0.2) is 9.18 Å². The van der Waals surface area contributed by atoms with Crippen LogP contribution >= 0.6 is 24.0 Å². The lowest BCUT2D eigenvalue weighted by molar-refractivity contribution is 0.0214. The molecule has 0 unspecified atom stereocenters. The second-order valence-electron chi connectivity index (χ2n) is 8.77. The van der Waals surface area contributed by atoms with Gasteiger partial charge < -0.3 is 19.9 Å². The first-order valence-electron chi connectivity index (χ1n) is 10.8. The van der Waals surface area contributed by atoms with Gasteiger partial charge in [0, 0.05) is 45.3 Å². The van der Waals surface area contributed by atoms with Gasteiger partial charge in [-0.3, -0.25) is 4.99 Å². The molecule has 1 heterocycles. The molecular formula is C23H35FIN5O2. The molecule has 0 atom stereocenters. The quantitative estimate of drug-likeness (QED) is 0.330. The van der Waals surface area contributed by atoms with E-state index in [9.17, 15) is 9.18 Å². The van der Waals surface area contributed by atoms with Crippen molar-refractivity contribution in [3.63, 3.8) is 0 Å². The Balaban J connectivity index is 0.00000512. The lowest BCUT2D eigenvalue weighted by Gasteiger charge is -2.36. The number of amides is 1. The standard InChI is InChI=1S/C23H34FN5O2.HI/c1-6-28(22(30)31-23(2,3)4)16-17-9-11-29(12-10-17)21(26-5)27-15-19-8-7-18(14-25)13-20(19)24;/h7-8,13,17H,6,9-12,15-16H2,1-5H3,(H,26,27);1H. The molecule has 0 radical (unpaired) electrons. The summed E-state index contributed by atoms with van der Waals surface area (Å²) in [6.07, 6.45) is 1.61. The first-order valence-corrected chi connectivity index (χ1v) is 10.8. The van der Waals surface area contributed by atoms with E-state index in [-0.39, 0.29) is 30.1 Å². The summed E-state index contributed by atoms with van der Waals surface area (Å²) in [6, 6.07) is 6.41. The van der Waals surface area contributed by atoms with Gasteiger partial charge in [-0.15, -0.1) is 24.0 Å². The number of nitriles is 1. The Hall–Kier alpha value is -2.09. The summed E-state index contributed by atoms with van der Waals surface area (Å²) in [5.41, 5.74) is 0.298.